The number of hydrogen-bond donors (Lipinski definition) is 3. The summed E-state index contributed by atoms with van der Waals surface area (Å²) in [7, 11) is 1.69. The topological polar surface area (TPSA) is 87.8 Å². The monoisotopic (exact) mass is 264 g/mol. The molecule has 0 spiro atoms. The summed E-state index contributed by atoms with van der Waals surface area (Å²) in [5.41, 5.74) is 1.47. The lowest BCUT2D eigenvalue weighted by Crippen LogP contribution is -2.25. The average Bonchev–Trinajstić information content (AvgIpc) is 2.87. The Morgan fingerprint density at radius 3 is 2.89 bits per heavy atom. The van der Waals surface area contributed by atoms with Crippen LogP contribution in [0, 0.1) is 0 Å². The van der Waals surface area contributed by atoms with Crippen LogP contribution < -0.4 is 10.6 Å². The molecule has 0 radical (unpaired) electrons. The molecule has 0 aliphatic rings. The van der Waals surface area contributed by atoms with Crippen LogP contribution in [0.5, 0.6) is 0 Å². The van der Waals surface area contributed by atoms with Gasteiger partial charge in [0.15, 0.2) is 11.5 Å². The number of methoxy groups -OCH3 is 1. The third-order valence-corrected chi connectivity index (χ3v) is 2.82. The van der Waals surface area contributed by atoms with Crippen LogP contribution in [-0.2, 0) is 4.74 Å². The Balaban J connectivity index is 2.31. The number of hydrogen-bond acceptors (Lipinski definition) is 6. The zero-order valence-corrected chi connectivity index (χ0v) is 11.5. The molecule has 0 amide bonds. The zero-order chi connectivity index (χ0) is 13.7. The Morgan fingerprint density at radius 1 is 1.37 bits per heavy atom. The molecule has 0 saturated heterocycles. The standard InChI is InChI=1S/C12H20N6O/c1-4-8(6-19-3)16-11-9-10(15-7-14-9)17-12(18-11)13-5-2/h7-8H,4-6H2,1-3H3,(H3,13,14,15,16,17,18). The molecule has 1 unspecified atom stereocenters. The van der Waals surface area contributed by atoms with E-state index in [0.717, 1.165) is 24.3 Å². The predicted molar refractivity (Wildman–Crippen MR) is 75.4 cm³/mol. The van der Waals surface area contributed by atoms with Crippen molar-refractivity contribution in [2.45, 2.75) is 26.3 Å². The molecule has 1 atom stereocenters. The summed E-state index contributed by atoms with van der Waals surface area (Å²) < 4.78 is 5.19. The molecule has 2 aromatic rings. The number of nitrogens with zero attached hydrogens (tertiary/aromatic N) is 3. The van der Waals surface area contributed by atoms with Gasteiger partial charge in [-0.3, -0.25) is 0 Å². The van der Waals surface area contributed by atoms with Gasteiger partial charge in [-0.1, -0.05) is 6.92 Å². The minimum Gasteiger partial charge on any atom is -0.383 e. The number of ether oxygens (including phenoxy) is 1. The molecular formula is C12H20N6O. The summed E-state index contributed by atoms with van der Waals surface area (Å²) in [6, 6.07) is 0.209. The molecule has 0 aliphatic carbocycles. The Hall–Kier alpha value is -1.89. The molecule has 3 N–H and O–H groups in total. The van der Waals surface area contributed by atoms with E-state index >= 15 is 0 Å². The van der Waals surface area contributed by atoms with Gasteiger partial charge in [0.25, 0.3) is 0 Å². The number of aromatic amines is 1. The highest BCUT2D eigenvalue weighted by Gasteiger charge is 2.13. The average molecular weight is 264 g/mol. The number of aromatic nitrogens is 4. The maximum Gasteiger partial charge on any atom is 0.226 e. The molecule has 0 saturated carbocycles. The fraction of sp³-hybridized carbons (Fsp3) is 0.583. The molecule has 0 bridgehead atoms. The zero-order valence-electron chi connectivity index (χ0n) is 11.5. The van der Waals surface area contributed by atoms with E-state index < -0.39 is 0 Å². The lowest BCUT2D eigenvalue weighted by atomic mass is 10.2. The fourth-order valence-corrected chi connectivity index (χ4v) is 1.83. The maximum absolute atomic E-state index is 5.19. The molecule has 2 rings (SSSR count). The smallest absolute Gasteiger partial charge is 0.226 e. The van der Waals surface area contributed by atoms with Crippen LogP contribution >= 0.6 is 0 Å². The Morgan fingerprint density at radius 2 is 2.21 bits per heavy atom. The van der Waals surface area contributed by atoms with E-state index in [-0.39, 0.29) is 6.04 Å². The predicted octanol–water partition coefficient (Wildman–Crippen LogP) is 1.62. The van der Waals surface area contributed by atoms with Crippen LogP contribution in [0.2, 0.25) is 0 Å². The van der Waals surface area contributed by atoms with Crippen LogP contribution in [0.3, 0.4) is 0 Å². The lowest BCUT2D eigenvalue weighted by Gasteiger charge is -2.17. The molecule has 0 aliphatic heterocycles. The molecule has 7 nitrogen and oxygen atoms in total. The van der Waals surface area contributed by atoms with Crippen LogP contribution in [0.1, 0.15) is 20.3 Å². The van der Waals surface area contributed by atoms with Crippen molar-refractivity contribution in [2.75, 3.05) is 30.9 Å². The Kier molecular flexibility index (Phi) is 4.51. The van der Waals surface area contributed by atoms with Gasteiger partial charge in [-0.2, -0.15) is 9.97 Å². The van der Waals surface area contributed by atoms with Crippen molar-refractivity contribution in [1.82, 2.24) is 19.9 Å². The number of nitrogens with one attached hydrogen (secondary N) is 3. The molecule has 7 heteroatoms. The second kappa shape index (κ2) is 6.33. The van der Waals surface area contributed by atoms with Gasteiger partial charge in [-0.15, -0.1) is 0 Å². The molecule has 2 heterocycles. The first-order valence-corrected chi connectivity index (χ1v) is 6.48. The van der Waals surface area contributed by atoms with Crippen molar-refractivity contribution < 1.29 is 4.74 Å². The fourth-order valence-electron chi connectivity index (χ4n) is 1.83. The van der Waals surface area contributed by atoms with Gasteiger partial charge in [0.1, 0.15) is 5.52 Å². The van der Waals surface area contributed by atoms with Crippen LogP contribution in [-0.4, -0.2) is 46.2 Å². The van der Waals surface area contributed by atoms with E-state index in [1.165, 1.54) is 0 Å². The minimum atomic E-state index is 0.209. The number of H-pyrrole nitrogens is 1. The van der Waals surface area contributed by atoms with Crippen molar-refractivity contribution in [3.8, 4) is 0 Å². The van der Waals surface area contributed by atoms with E-state index in [4.69, 9.17) is 4.74 Å². The summed E-state index contributed by atoms with van der Waals surface area (Å²) in [4.78, 5) is 16.0. The summed E-state index contributed by atoms with van der Waals surface area (Å²) in [5.74, 6) is 1.33. The molecule has 2 aromatic heterocycles. The lowest BCUT2D eigenvalue weighted by molar-refractivity contribution is 0.184. The van der Waals surface area contributed by atoms with Gasteiger partial charge in [0.2, 0.25) is 5.95 Å². The van der Waals surface area contributed by atoms with Gasteiger partial charge in [-0.05, 0) is 13.3 Å². The Labute approximate surface area is 112 Å². The number of rotatable bonds is 7. The van der Waals surface area contributed by atoms with Gasteiger partial charge >= 0.3 is 0 Å². The second-order valence-electron chi connectivity index (χ2n) is 4.23. The van der Waals surface area contributed by atoms with Crippen molar-refractivity contribution in [2.24, 2.45) is 0 Å². The molecule has 19 heavy (non-hydrogen) atoms. The van der Waals surface area contributed by atoms with Crippen molar-refractivity contribution in [3.05, 3.63) is 6.33 Å². The number of fused-ring (bicyclic) bond motifs is 1. The summed E-state index contributed by atoms with van der Waals surface area (Å²) in [6.07, 6.45) is 2.57. The molecule has 0 fully saturated rings. The SMILES string of the molecule is CCNc1nc(NC(CC)COC)c2[nH]cnc2n1. The third-order valence-electron chi connectivity index (χ3n) is 2.82. The van der Waals surface area contributed by atoms with Gasteiger partial charge in [0, 0.05) is 13.7 Å². The first-order chi connectivity index (χ1) is 9.28. The maximum atomic E-state index is 5.19. The summed E-state index contributed by atoms with van der Waals surface area (Å²) in [6.45, 7) is 5.51. The first-order valence-electron chi connectivity index (χ1n) is 6.48. The van der Waals surface area contributed by atoms with E-state index in [0.29, 0.717) is 18.2 Å². The van der Waals surface area contributed by atoms with Gasteiger partial charge in [0.05, 0.1) is 19.0 Å². The van der Waals surface area contributed by atoms with E-state index in [1.807, 2.05) is 6.92 Å². The third kappa shape index (κ3) is 3.11. The number of anilines is 2. The van der Waals surface area contributed by atoms with E-state index in [9.17, 15) is 0 Å². The largest absolute Gasteiger partial charge is 0.383 e. The first kappa shape index (κ1) is 13.5. The van der Waals surface area contributed by atoms with Crippen LogP contribution in [0.4, 0.5) is 11.8 Å². The van der Waals surface area contributed by atoms with Crippen LogP contribution in [0.25, 0.3) is 11.2 Å². The highest BCUT2D eigenvalue weighted by Crippen LogP contribution is 2.19. The second-order valence-corrected chi connectivity index (χ2v) is 4.23. The van der Waals surface area contributed by atoms with Crippen molar-refractivity contribution in [3.63, 3.8) is 0 Å². The molecular weight excluding hydrogens is 244 g/mol. The minimum absolute atomic E-state index is 0.209. The van der Waals surface area contributed by atoms with Crippen molar-refractivity contribution >= 4 is 22.9 Å². The summed E-state index contributed by atoms with van der Waals surface area (Å²) >= 11 is 0. The molecule has 104 valence electrons. The summed E-state index contributed by atoms with van der Waals surface area (Å²) in [5, 5.41) is 6.48. The highest BCUT2D eigenvalue weighted by molar-refractivity contribution is 5.83. The number of imidazole rings is 1. The highest BCUT2D eigenvalue weighted by atomic mass is 16.5. The van der Waals surface area contributed by atoms with E-state index in [2.05, 4.69) is 37.5 Å². The van der Waals surface area contributed by atoms with Gasteiger partial charge in [-0.25, -0.2) is 4.98 Å². The molecule has 0 aromatic carbocycles. The van der Waals surface area contributed by atoms with Crippen molar-refractivity contribution in [1.29, 1.82) is 0 Å². The quantitative estimate of drug-likeness (QED) is 0.704. The normalized spacial score (nSPS) is 12.6. The van der Waals surface area contributed by atoms with Crippen LogP contribution in [0.15, 0.2) is 6.33 Å². The Bertz CT molecular complexity index is 526. The van der Waals surface area contributed by atoms with E-state index in [1.54, 1.807) is 13.4 Å². The van der Waals surface area contributed by atoms with Gasteiger partial charge < -0.3 is 20.4 Å².